The van der Waals surface area contributed by atoms with E-state index in [9.17, 15) is 0 Å². The zero-order valence-corrected chi connectivity index (χ0v) is 5.55. The molecule has 1 aromatic rings. The van der Waals surface area contributed by atoms with Gasteiger partial charge in [-0.15, -0.1) is 0 Å². The molecule has 0 amide bonds. The molecule has 1 aromatic heterocycles. The number of hydrogen-bond acceptors (Lipinski definition) is 2. The second-order valence-corrected chi connectivity index (χ2v) is 2.03. The Morgan fingerprint density at radius 2 is 2.11 bits per heavy atom. The summed E-state index contributed by atoms with van der Waals surface area (Å²) in [6.07, 6.45) is 1.66. The quantitative estimate of drug-likeness (QED) is 0.513. The van der Waals surface area contributed by atoms with Crippen molar-refractivity contribution in [2.75, 3.05) is 0 Å². The van der Waals surface area contributed by atoms with Gasteiger partial charge in [-0.1, -0.05) is 0 Å². The Bertz CT molecular complexity index is 198. The van der Waals surface area contributed by atoms with E-state index in [0.717, 1.165) is 16.8 Å². The van der Waals surface area contributed by atoms with Crippen molar-refractivity contribution >= 4 is 0 Å². The summed E-state index contributed by atoms with van der Waals surface area (Å²) in [7, 11) is 0. The summed E-state index contributed by atoms with van der Waals surface area (Å²) >= 11 is 0. The first-order valence-electron chi connectivity index (χ1n) is 2.76. The van der Waals surface area contributed by atoms with Gasteiger partial charge < -0.3 is 0 Å². The van der Waals surface area contributed by atoms with Crippen LogP contribution in [0.3, 0.4) is 0 Å². The topological polar surface area (TPSA) is 25.8 Å². The van der Waals surface area contributed by atoms with Crippen LogP contribution in [0, 0.1) is 20.8 Å². The third kappa shape index (κ3) is 1.07. The maximum Gasteiger partial charge on any atom is 0.0638 e. The lowest BCUT2D eigenvalue weighted by Crippen LogP contribution is -1.92. The fourth-order valence-corrected chi connectivity index (χ4v) is 0.611. The zero-order chi connectivity index (χ0) is 6.85. The molecule has 0 bridgehead atoms. The smallest absolute Gasteiger partial charge is 0.0638 e. The molecule has 9 heavy (non-hydrogen) atoms. The van der Waals surface area contributed by atoms with Gasteiger partial charge in [0.15, 0.2) is 0 Å². The van der Waals surface area contributed by atoms with Crippen molar-refractivity contribution < 1.29 is 0 Å². The molecule has 2 nitrogen and oxygen atoms in total. The molecule has 0 spiro atoms. The van der Waals surface area contributed by atoms with Gasteiger partial charge in [-0.2, -0.15) is 10.2 Å². The minimum Gasteiger partial charge on any atom is -0.159 e. The van der Waals surface area contributed by atoms with Crippen molar-refractivity contribution in [3.05, 3.63) is 29.9 Å². The molecule has 0 N–H and O–H groups in total. The van der Waals surface area contributed by atoms with E-state index in [2.05, 4.69) is 10.2 Å². The van der Waals surface area contributed by atoms with E-state index in [1.54, 1.807) is 6.20 Å². The first-order chi connectivity index (χ1) is 4.22. The van der Waals surface area contributed by atoms with Crippen LogP contribution in [-0.4, -0.2) is 10.2 Å². The Labute approximate surface area is 54.9 Å². The standard InChI is InChI=1S/C7H8N2/c1-5-4-8-9-7(3)6(5)2/h2,4H,1,3H3. The van der Waals surface area contributed by atoms with E-state index in [1.165, 1.54) is 0 Å². The second-order valence-electron chi connectivity index (χ2n) is 2.03. The van der Waals surface area contributed by atoms with Crippen LogP contribution < -0.4 is 0 Å². The first kappa shape index (κ1) is 6.20. The fraction of sp³-hybridized carbons (Fsp3) is 0.286. The summed E-state index contributed by atoms with van der Waals surface area (Å²) in [4.78, 5) is 0. The summed E-state index contributed by atoms with van der Waals surface area (Å²) in [5.41, 5.74) is 2.53. The van der Waals surface area contributed by atoms with Crippen molar-refractivity contribution in [3.63, 3.8) is 0 Å². The highest BCUT2D eigenvalue weighted by molar-refractivity contribution is 5.27. The van der Waals surface area contributed by atoms with Gasteiger partial charge in [-0.05, 0) is 25.0 Å². The lowest BCUT2D eigenvalue weighted by molar-refractivity contribution is 0.956. The van der Waals surface area contributed by atoms with Gasteiger partial charge in [0, 0.05) is 6.92 Å². The summed E-state index contributed by atoms with van der Waals surface area (Å²) in [5.74, 6) is 0. The Morgan fingerprint density at radius 1 is 1.44 bits per heavy atom. The van der Waals surface area contributed by atoms with Gasteiger partial charge in [0.25, 0.3) is 0 Å². The maximum atomic E-state index is 5.58. The Balaban J connectivity index is 3.25. The van der Waals surface area contributed by atoms with Crippen LogP contribution in [0.4, 0.5) is 0 Å². The number of rotatable bonds is 0. The average molecular weight is 120 g/mol. The van der Waals surface area contributed by atoms with Gasteiger partial charge in [0.2, 0.25) is 0 Å². The fourth-order valence-electron chi connectivity index (χ4n) is 0.611. The van der Waals surface area contributed by atoms with Crippen LogP contribution in [0.2, 0.25) is 0 Å². The van der Waals surface area contributed by atoms with E-state index >= 15 is 0 Å². The van der Waals surface area contributed by atoms with E-state index in [-0.39, 0.29) is 0 Å². The molecule has 46 valence electrons. The molecule has 0 atom stereocenters. The van der Waals surface area contributed by atoms with Crippen molar-refractivity contribution in [1.82, 2.24) is 10.2 Å². The monoisotopic (exact) mass is 120 g/mol. The van der Waals surface area contributed by atoms with Crippen LogP contribution in [0.5, 0.6) is 0 Å². The predicted molar refractivity (Wildman–Crippen MR) is 34.9 cm³/mol. The first-order valence-corrected chi connectivity index (χ1v) is 2.76. The highest BCUT2D eigenvalue weighted by atomic mass is 15.1. The minimum absolute atomic E-state index is 0.741. The predicted octanol–water partition coefficient (Wildman–Crippen LogP) is 1.15. The van der Waals surface area contributed by atoms with Crippen molar-refractivity contribution in [2.45, 2.75) is 13.8 Å². The van der Waals surface area contributed by atoms with E-state index < -0.39 is 0 Å². The molecule has 1 rings (SSSR count). The number of hydrogen-bond donors (Lipinski definition) is 0. The summed E-state index contributed by atoms with van der Waals surface area (Å²) in [6, 6.07) is 0. The summed E-state index contributed by atoms with van der Waals surface area (Å²) in [5, 5.41) is 7.48. The Hall–Kier alpha value is -0.920. The molecule has 0 aliphatic heterocycles. The average Bonchev–Trinajstić information content (AvgIpc) is 1.83. The van der Waals surface area contributed by atoms with Gasteiger partial charge in [-0.3, -0.25) is 0 Å². The van der Waals surface area contributed by atoms with Crippen molar-refractivity contribution in [2.24, 2.45) is 0 Å². The van der Waals surface area contributed by atoms with E-state index in [4.69, 9.17) is 6.92 Å². The molecule has 0 fully saturated rings. The molecule has 0 aliphatic carbocycles. The SMILES string of the molecule is [CH]c1c(C)cnnc1C. The second kappa shape index (κ2) is 2.13. The third-order valence-electron chi connectivity index (χ3n) is 1.27. The minimum atomic E-state index is 0.741. The van der Waals surface area contributed by atoms with Crippen molar-refractivity contribution in [1.29, 1.82) is 0 Å². The van der Waals surface area contributed by atoms with Gasteiger partial charge in [-0.25, -0.2) is 0 Å². The highest BCUT2D eigenvalue weighted by Crippen LogP contribution is 2.05. The van der Waals surface area contributed by atoms with Crippen LogP contribution in [-0.2, 0) is 0 Å². The largest absolute Gasteiger partial charge is 0.159 e. The van der Waals surface area contributed by atoms with E-state index in [0.29, 0.717) is 0 Å². The molecule has 0 aromatic carbocycles. The third-order valence-corrected chi connectivity index (χ3v) is 1.27. The molecular weight excluding hydrogens is 112 g/mol. The number of aryl methyl sites for hydroxylation is 2. The normalized spacial score (nSPS) is 9.67. The molecule has 2 heteroatoms. The van der Waals surface area contributed by atoms with E-state index in [1.807, 2.05) is 13.8 Å². The van der Waals surface area contributed by atoms with Gasteiger partial charge >= 0.3 is 0 Å². The van der Waals surface area contributed by atoms with Gasteiger partial charge in [0.05, 0.1) is 11.9 Å². The van der Waals surface area contributed by atoms with Crippen LogP contribution in [0.1, 0.15) is 16.8 Å². The molecule has 1 heterocycles. The Morgan fingerprint density at radius 3 is 2.56 bits per heavy atom. The molecule has 0 aliphatic rings. The van der Waals surface area contributed by atoms with Gasteiger partial charge in [0.1, 0.15) is 0 Å². The van der Waals surface area contributed by atoms with Crippen LogP contribution in [0.15, 0.2) is 6.20 Å². The maximum absolute atomic E-state index is 5.58. The zero-order valence-electron chi connectivity index (χ0n) is 5.55. The molecule has 0 saturated carbocycles. The van der Waals surface area contributed by atoms with Crippen molar-refractivity contribution in [3.8, 4) is 0 Å². The lowest BCUT2D eigenvalue weighted by Gasteiger charge is -1.97. The summed E-state index contributed by atoms with van der Waals surface area (Å²) in [6.45, 7) is 9.34. The Kier molecular flexibility index (Phi) is 1.47. The molecule has 2 radical (unpaired) electrons. The van der Waals surface area contributed by atoms with Crippen LogP contribution >= 0.6 is 0 Å². The molecule has 0 unspecified atom stereocenters. The molecule has 0 saturated heterocycles. The van der Waals surface area contributed by atoms with Crippen LogP contribution in [0.25, 0.3) is 0 Å². The summed E-state index contributed by atoms with van der Waals surface area (Å²) < 4.78 is 0. The molecular formula is C7H8N2. The number of aromatic nitrogens is 2. The lowest BCUT2D eigenvalue weighted by atomic mass is 10.2. The number of nitrogens with zero attached hydrogens (tertiary/aromatic N) is 2. The highest BCUT2D eigenvalue weighted by Gasteiger charge is 1.95.